The van der Waals surface area contributed by atoms with Crippen molar-refractivity contribution in [3.8, 4) is 0 Å². The van der Waals surface area contributed by atoms with Crippen molar-refractivity contribution in [2.24, 2.45) is 17.8 Å². The van der Waals surface area contributed by atoms with Crippen LogP contribution in [0.2, 0.25) is 37.3 Å². The Balaban J connectivity index is 1.64. The first-order valence-corrected chi connectivity index (χ1v) is 22.3. The van der Waals surface area contributed by atoms with E-state index in [0.717, 1.165) is 34.8 Å². The van der Waals surface area contributed by atoms with Crippen LogP contribution in [0.15, 0.2) is 18.2 Å². The normalized spacial score (nSPS) is 32.7. The van der Waals surface area contributed by atoms with Crippen LogP contribution in [0.4, 0.5) is 0 Å². The van der Waals surface area contributed by atoms with Crippen LogP contribution < -0.4 is 0 Å². The van der Waals surface area contributed by atoms with Gasteiger partial charge in [-0.25, -0.2) is 0 Å². The van der Waals surface area contributed by atoms with E-state index >= 15 is 0 Å². The van der Waals surface area contributed by atoms with E-state index in [0.29, 0.717) is 0 Å². The number of fused-ring (bicyclic) bond motifs is 1. The van der Waals surface area contributed by atoms with E-state index in [-0.39, 0.29) is 10.8 Å². The summed E-state index contributed by atoms with van der Waals surface area (Å²) in [6.45, 7) is 28.4. The molecule has 3 aliphatic carbocycles. The van der Waals surface area contributed by atoms with Gasteiger partial charge in [-0.1, -0.05) is 131 Å². The molecule has 0 aliphatic heterocycles. The molecule has 0 spiro atoms. The zero-order valence-corrected chi connectivity index (χ0v) is 27.4. The van der Waals surface area contributed by atoms with Crippen LogP contribution in [-0.4, -0.2) is 15.2 Å². The molecule has 198 valence electrons. The van der Waals surface area contributed by atoms with E-state index in [9.17, 15) is 0 Å². The van der Waals surface area contributed by atoms with E-state index in [1.807, 2.05) is 0 Å². The molecule has 0 amide bonds. The fourth-order valence-corrected chi connectivity index (χ4v) is 22.9. The third-order valence-corrected chi connectivity index (χ3v) is 32.6. The van der Waals surface area contributed by atoms with Crippen molar-refractivity contribution in [3.63, 3.8) is 0 Å². The summed E-state index contributed by atoms with van der Waals surface area (Å²) in [5.74, 6) is 3.73. The Labute approximate surface area is 221 Å². The highest BCUT2D eigenvalue weighted by molar-refractivity contribution is 7.41. The lowest BCUT2D eigenvalue weighted by Crippen LogP contribution is -2.61. The van der Waals surface area contributed by atoms with Gasteiger partial charge in [0, 0.05) is 15.2 Å². The summed E-state index contributed by atoms with van der Waals surface area (Å²) in [6, 6.07) is 7.79. The van der Waals surface area contributed by atoms with Crippen LogP contribution in [-0.2, 0) is 10.8 Å². The van der Waals surface area contributed by atoms with Crippen molar-refractivity contribution in [1.29, 1.82) is 0 Å². The Kier molecular flexibility index (Phi) is 7.47. The summed E-state index contributed by atoms with van der Waals surface area (Å²) in [5, 5.41) is 0. The molecule has 2 heteroatoms. The molecule has 0 aromatic heterocycles. The maximum atomic E-state index is 2.87. The minimum atomic E-state index is -1.27. The third kappa shape index (κ3) is 5.18. The second-order valence-electron chi connectivity index (χ2n) is 16.5. The lowest BCUT2D eigenvalue weighted by Gasteiger charge is -2.50. The Bertz CT molecular complexity index is 864. The molecular weight excluding hydrogens is 453 g/mol. The lowest BCUT2D eigenvalue weighted by molar-refractivity contribution is 0.236. The zero-order valence-electron chi connectivity index (χ0n) is 25.4. The molecule has 0 N–H and O–H groups in total. The van der Waals surface area contributed by atoms with Crippen molar-refractivity contribution in [1.82, 2.24) is 0 Å². The van der Waals surface area contributed by atoms with Gasteiger partial charge in [-0.3, -0.25) is 0 Å². The van der Waals surface area contributed by atoms with Gasteiger partial charge < -0.3 is 0 Å². The molecule has 35 heavy (non-hydrogen) atoms. The van der Waals surface area contributed by atoms with Crippen LogP contribution in [0.3, 0.4) is 0 Å². The van der Waals surface area contributed by atoms with E-state index in [1.54, 1.807) is 36.0 Å². The molecule has 3 saturated carbocycles. The van der Waals surface area contributed by atoms with Gasteiger partial charge in [-0.05, 0) is 75.1 Å². The van der Waals surface area contributed by atoms with Gasteiger partial charge in [0.25, 0.3) is 0 Å². The molecule has 0 saturated heterocycles. The molecule has 0 heterocycles. The second kappa shape index (κ2) is 9.44. The summed E-state index contributed by atoms with van der Waals surface area (Å²) >= 11 is 0. The van der Waals surface area contributed by atoms with Gasteiger partial charge in [0.05, 0.1) is 0 Å². The molecule has 1 aromatic rings. The predicted octanol–water partition coefficient (Wildman–Crippen LogP) is 10.6. The van der Waals surface area contributed by atoms with Crippen LogP contribution in [0, 0.1) is 17.8 Å². The standard InChI is InChI=1S/C33H58Si2/c1-23-15-16-27(19-23)34(8,9)35(10,11)31-18-17-29-28(13-12-14-30(29)31)24-20-25(32(2,3)4)22-26(21-24)33(5,6)7/h20-23,27-31H,12-19H2,1-11H3. The Morgan fingerprint density at radius 1 is 0.657 bits per heavy atom. The molecule has 0 radical (unpaired) electrons. The number of hydrogen-bond acceptors (Lipinski definition) is 0. The minimum Gasteiger partial charge on any atom is -0.0711 e. The highest BCUT2D eigenvalue weighted by atomic mass is 29.3. The SMILES string of the molecule is CC1CCC([Si](C)(C)[Si](C)(C)C2CCC3C(c4cc(C(C)(C)C)cc(C(C)(C)C)c4)CCCC32)C1. The summed E-state index contributed by atoms with van der Waals surface area (Å²) in [4.78, 5) is 0. The fourth-order valence-electron chi connectivity index (χ4n) is 8.71. The van der Waals surface area contributed by atoms with Crippen molar-refractivity contribution in [2.45, 2.75) is 154 Å². The molecule has 3 fully saturated rings. The topological polar surface area (TPSA) is 0 Å². The van der Waals surface area contributed by atoms with Gasteiger partial charge in [0.15, 0.2) is 0 Å². The Morgan fingerprint density at radius 3 is 1.77 bits per heavy atom. The highest BCUT2D eigenvalue weighted by Gasteiger charge is 2.57. The summed E-state index contributed by atoms with van der Waals surface area (Å²) in [5.41, 5.74) is 7.41. The monoisotopic (exact) mass is 510 g/mol. The Morgan fingerprint density at radius 2 is 1.26 bits per heavy atom. The van der Waals surface area contributed by atoms with Crippen LogP contribution in [0.5, 0.6) is 0 Å². The molecule has 1 aromatic carbocycles. The molecule has 0 nitrogen and oxygen atoms in total. The fraction of sp³-hybridized carbons (Fsp3) is 0.818. The largest absolute Gasteiger partial charge is 0.0711 e. The average molecular weight is 511 g/mol. The number of hydrogen-bond donors (Lipinski definition) is 0. The first kappa shape index (κ1) is 27.7. The summed E-state index contributed by atoms with van der Waals surface area (Å²) in [6.07, 6.45) is 12.1. The van der Waals surface area contributed by atoms with Gasteiger partial charge in [0.1, 0.15) is 0 Å². The molecule has 3 aliphatic rings. The van der Waals surface area contributed by atoms with Crippen molar-refractivity contribution in [3.05, 3.63) is 34.9 Å². The van der Waals surface area contributed by atoms with Crippen molar-refractivity contribution >= 4 is 15.2 Å². The maximum absolute atomic E-state index is 2.87. The second-order valence-corrected chi connectivity index (χ2v) is 32.6. The zero-order chi connectivity index (χ0) is 26.0. The highest BCUT2D eigenvalue weighted by Crippen LogP contribution is 2.60. The van der Waals surface area contributed by atoms with Crippen molar-refractivity contribution in [2.75, 3.05) is 0 Å². The first-order chi connectivity index (χ1) is 16.0. The minimum absolute atomic E-state index is 0.214. The van der Waals surface area contributed by atoms with Crippen molar-refractivity contribution < 1.29 is 0 Å². The van der Waals surface area contributed by atoms with Crippen LogP contribution >= 0.6 is 0 Å². The summed E-state index contributed by atoms with van der Waals surface area (Å²) < 4.78 is 0. The van der Waals surface area contributed by atoms with Gasteiger partial charge in [0.2, 0.25) is 0 Å². The van der Waals surface area contributed by atoms with Gasteiger partial charge in [-0.15, -0.1) is 0 Å². The third-order valence-electron chi connectivity index (χ3n) is 11.9. The molecule has 6 unspecified atom stereocenters. The summed E-state index contributed by atoms with van der Waals surface area (Å²) in [7, 11) is -2.49. The lowest BCUT2D eigenvalue weighted by atomic mass is 9.69. The maximum Gasteiger partial charge on any atom is 0.0448 e. The van der Waals surface area contributed by atoms with Crippen LogP contribution in [0.1, 0.15) is 122 Å². The predicted molar refractivity (Wildman–Crippen MR) is 162 cm³/mol. The van der Waals surface area contributed by atoms with Crippen LogP contribution in [0.25, 0.3) is 0 Å². The number of rotatable bonds is 4. The molecular formula is C33H58Si2. The molecule has 4 rings (SSSR count). The smallest absolute Gasteiger partial charge is 0.0448 e. The number of benzene rings is 1. The van der Waals surface area contributed by atoms with E-state index in [2.05, 4.69) is 92.9 Å². The van der Waals surface area contributed by atoms with E-state index in [1.165, 1.54) is 32.1 Å². The van der Waals surface area contributed by atoms with E-state index in [4.69, 9.17) is 0 Å². The first-order valence-electron chi connectivity index (χ1n) is 15.2. The van der Waals surface area contributed by atoms with Gasteiger partial charge in [-0.2, -0.15) is 0 Å². The average Bonchev–Trinajstić information content (AvgIpc) is 3.38. The molecule has 6 atom stereocenters. The molecule has 0 bridgehead atoms. The van der Waals surface area contributed by atoms with Gasteiger partial charge >= 0.3 is 0 Å². The quantitative estimate of drug-likeness (QED) is 0.353. The Hall–Kier alpha value is -0.346. The van der Waals surface area contributed by atoms with E-state index < -0.39 is 15.2 Å².